The van der Waals surface area contributed by atoms with Crippen molar-refractivity contribution in [3.8, 4) is 5.75 Å². The number of hydrogen-bond acceptors (Lipinski definition) is 6. The molecule has 2 unspecified atom stereocenters. The molecule has 1 aromatic heterocycles. The molecule has 2 aliphatic rings. The van der Waals surface area contributed by atoms with Gasteiger partial charge >= 0.3 is 0 Å². The van der Waals surface area contributed by atoms with E-state index in [2.05, 4.69) is 34.5 Å². The summed E-state index contributed by atoms with van der Waals surface area (Å²) >= 11 is 0. The van der Waals surface area contributed by atoms with E-state index < -0.39 is 0 Å². The van der Waals surface area contributed by atoms with E-state index in [1.165, 1.54) is 19.3 Å². The summed E-state index contributed by atoms with van der Waals surface area (Å²) in [4.78, 5) is 20.5. The normalized spacial score (nSPS) is 22.9. The second-order valence-electron chi connectivity index (χ2n) is 10.2. The Morgan fingerprint density at radius 2 is 1.85 bits per heavy atom. The van der Waals surface area contributed by atoms with Gasteiger partial charge in [0.25, 0.3) is 5.91 Å². The summed E-state index contributed by atoms with van der Waals surface area (Å²) < 4.78 is 5.73. The largest absolute Gasteiger partial charge is 0.496 e. The maximum atomic E-state index is 14.0. The Labute approximate surface area is 203 Å². The number of nitrogens with one attached hydrogen (secondary N) is 2. The predicted molar refractivity (Wildman–Crippen MR) is 137 cm³/mol. The molecule has 2 saturated carbocycles. The second-order valence-corrected chi connectivity index (χ2v) is 10.2. The third-order valence-corrected chi connectivity index (χ3v) is 7.42. The minimum atomic E-state index is 0.122. The van der Waals surface area contributed by atoms with Crippen molar-refractivity contribution in [3.63, 3.8) is 0 Å². The van der Waals surface area contributed by atoms with Gasteiger partial charge in [0.2, 0.25) is 0 Å². The Morgan fingerprint density at radius 1 is 1.12 bits per heavy atom. The molecule has 2 aliphatic carbocycles. The van der Waals surface area contributed by atoms with Crippen LogP contribution in [0.2, 0.25) is 0 Å². The van der Waals surface area contributed by atoms with Crippen molar-refractivity contribution in [2.24, 2.45) is 17.7 Å². The summed E-state index contributed by atoms with van der Waals surface area (Å²) in [5.74, 6) is 8.21. The van der Waals surface area contributed by atoms with Crippen molar-refractivity contribution >= 4 is 17.4 Å². The van der Waals surface area contributed by atoms with Gasteiger partial charge in [-0.3, -0.25) is 4.79 Å². The molecule has 184 valence electrons. The summed E-state index contributed by atoms with van der Waals surface area (Å²) in [7, 11) is 1.64. The number of aromatic nitrogens is 1. The van der Waals surface area contributed by atoms with Crippen LogP contribution in [0.4, 0.5) is 11.5 Å². The SMILES string of the molecule is COc1cc(CNc2cccnc2NN)ccc1C(=O)N(C1CCCC1)C1CC(C)CC(C)C1. The number of ether oxygens (including phenoxy) is 1. The van der Waals surface area contributed by atoms with Gasteiger partial charge in [0.15, 0.2) is 5.82 Å². The highest BCUT2D eigenvalue weighted by molar-refractivity contribution is 5.97. The number of hydrogen-bond donors (Lipinski definition) is 3. The van der Waals surface area contributed by atoms with Crippen LogP contribution in [-0.2, 0) is 6.54 Å². The van der Waals surface area contributed by atoms with Gasteiger partial charge < -0.3 is 20.4 Å². The first-order valence-electron chi connectivity index (χ1n) is 12.6. The maximum Gasteiger partial charge on any atom is 0.258 e. The van der Waals surface area contributed by atoms with Gasteiger partial charge in [0.1, 0.15) is 5.75 Å². The van der Waals surface area contributed by atoms with E-state index in [0.717, 1.165) is 36.9 Å². The summed E-state index contributed by atoms with van der Waals surface area (Å²) in [5, 5.41) is 3.35. The van der Waals surface area contributed by atoms with Crippen LogP contribution in [0, 0.1) is 11.8 Å². The van der Waals surface area contributed by atoms with Gasteiger partial charge in [0.05, 0.1) is 18.4 Å². The molecule has 1 heterocycles. The van der Waals surface area contributed by atoms with E-state index in [0.29, 0.717) is 47.6 Å². The zero-order valence-electron chi connectivity index (χ0n) is 20.7. The first-order chi connectivity index (χ1) is 16.5. The van der Waals surface area contributed by atoms with Gasteiger partial charge in [-0.1, -0.05) is 32.8 Å². The number of pyridine rings is 1. The molecule has 7 nitrogen and oxygen atoms in total. The zero-order valence-corrected chi connectivity index (χ0v) is 20.7. The lowest BCUT2D eigenvalue weighted by Gasteiger charge is -2.42. The molecule has 0 spiro atoms. The summed E-state index contributed by atoms with van der Waals surface area (Å²) in [6, 6.07) is 10.3. The fourth-order valence-electron chi connectivity index (χ4n) is 5.97. The zero-order chi connectivity index (χ0) is 24.1. The Hall–Kier alpha value is -2.80. The van der Waals surface area contributed by atoms with Crippen LogP contribution in [0.25, 0.3) is 0 Å². The highest BCUT2D eigenvalue weighted by atomic mass is 16.5. The predicted octanol–water partition coefficient (Wildman–Crippen LogP) is 5.20. The number of amides is 1. The van der Waals surface area contributed by atoms with Gasteiger partial charge in [-0.15, -0.1) is 0 Å². The molecule has 7 heteroatoms. The molecular weight excluding hydrogens is 426 g/mol. The molecule has 1 aromatic carbocycles. The number of anilines is 2. The average molecular weight is 466 g/mol. The number of nitrogen functional groups attached to an aromatic ring is 1. The molecule has 34 heavy (non-hydrogen) atoms. The number of methoxy groups -OCH3 is 1. The molecule has 2 aromatic rings. The molecule has 2 fully saturated rings. The lowest BCUT2D eigenvalue weighted by molar-refractivity contribution is 0.0426. The molecule has 0 bridgehead atoms. The van der Waals surface area contributed by atoms with Crippen molar-refractivity contribution in [1.29, 1.82) is 0 Å². The highest BCUT2D eigenvalue weighted by Crippen LogP contribution is 2.37. The standard InChI is InChI=1S/C27H39N5O2/c1-18-13-19(2)15-22(14-18)32(21-7-4-5-8-21)27(33)23-11-10-20(16-25(23)34-3)17-30-24-9-6-12-29-26(24)31-28/h6,9-12,16,18-19,21-22,30H,4-5,7-8,13-15,17,28H2,1-3H3,(H,29,31). The lowest BCUT2D eigenvalue weighted by Crippen LogP contribution is -2.49. The Balaban J connectivity index is 1.55. The van der Waals surface area contributed by atoms with Crippen molar-refractivity contribution in [1.82, 2.24) is 9.88 Å². The molecule has 0 saturated heterocycles. The van der Waals surface area contributed by atoms with Gasteiger partial charge in [0, 0.05) is 24.8 Å². The molecule has 2 atom stereocenters. The minimum Gasteiger partial charge on any atom is -0.496 e. The Kier molecular flexibility index (Phi) is 7.93. The second kappa shape index (κ2) is 11.1. The van der Waals surface area contributed by atoms with Crippen molar-refractivity contribution < 1.29 is 9.53 Å². The molecule has 4 N–H and O–H groups in total. The third kappa shape index (κ3) is 5.46. The average Bonchev–Trinajstić information content (AvgIpc) is 3.36. The number of carbonyl (C=O) groups excluding carboxylic acids is 1. The molecule has 4 rings (SSSR count). The van der Waals surface area contributed by atoms with Gasteiger partial charge in [-0.2, -0.15) is 0 Å². The van der Waals surface area contributed by atoms with Crippen LogP contribution in [0.3, 0.4) is 0 Å². The van der Waals surface area contributed by atoms with Crippen LogP contribution >= 0.6 is 0 Å². The molecule has 0 aliphatic heterocycles. The fraction of sp³-hybridized carbons (Fsp3) is 0.556. The highest BCUT2D eigenvalue weighted by Gasteiger charge is 2.37. The van der Waals surface area contributed by atoms with Crippen LogP contribution in [0.5, 0.6) is 5.75 Å². The summed E-state index contributed by atoms with van der Waals surface area (Å²) in [5.41, 5.74) is 5.11. The van der Waals surface area contributed by atoms with Crippen molar-refractivity contribution in [3.05, 3.63) is 47.7 Å². The van der Waals surface area contributed by atoms with E-state index in [1.807, 2.05) is 30.3 Å². The number of hydrazine groups is 1. The minimum absolute atomic E-state index is 0.122. The molecule has 1 amide bonds. The topological polar surface area (TPSA) is 92.5 Å². The molecule has 0 radical (unpaired) electrons. The monoisotopic (exact) mass is 465 g/mol. The van der Waals surface area contributed by atoms with Gasteiger partial charge in [-0.25, -0.2) is 10.8 Å². The number of nitrogens with zero attached hydrogens (tertiary/aromatic N) is 2. The Bertz CT molecular complexity index is 965. The number of nitrogens with two attached hydrogens (primary N) is 1. The van der Waals surface area contributed by atoms with E-state index in [-0.39, 0.29) is 5.91 Å². The third-order valence-electron chi connectivity index (χ3n) is 7.42. The number of rotatable bonds is 8. The summed E-state index contributed by atoms with van der Waals surface area (Å²) in [6.45, 7) is 5.22. The van der Waals surface area contributed by atoms with E-state index >= 15 is 0 Å². The fourth-order valence-corrected chi connectivity index (χ4v) is 5.97. The van der Waals surface area contributed by atoms with E-state index in [1.54, 1.807) is 13.3 Å². The van der Waals surface area contributed by atoms with E-state index in [9.17, 15) is 4.79 Å². The smallest absolute Gasteiger partial charge is 0.258 e. The van der Waals surface area contributed by atoms with Crippen LogP contribution in [0.15, 0.2) is 36.5 Å². The number of carbonyl (C=O) groups is 1. The first-order valence-corrected chi connectivity index (χ1v) is 12.6. The van der Waals surface area contributed by atoms with Crippen LogP contribution in [0.1, 0.15) is 74.7 Å². The molecular formula is C27H39N5O2. The van der Waals surface area contributed by atoms with E-state index in [4.69, 9.17) is 10.6 Å². The maximum absolute atomic E-state index is 14.0. The summed E-state index contributed by atoms with van der Waals surface area (Å²) in [6.07, 6.45) is 9.78. The Morgan fingerprint density at radius 3 is 2.53 bits per heavy atom. The quantitative estimate of drug-likeness (QED) is 0.367. The van der Waals surface area contributed by atoms with Crippen LogP contribution in [-0.4, -0.2) is 35.0 Å². The van der Waals surface area contributed by atoms with Crippen molar-refractivity contribution in [2.45, 2.75) is 77.4 Å². The van der Waals surface area contributed by atoms with Crippen LogP contribution < -0.4 is 21.3 Å². The number of benzene rings is 1. The van der Waals surface area contributed by atoms with Crippen molar-refractivity contribution in [2.75, 3.05) is 17.9 Å². The lowest BCUT2D eigenvalue weighted by atomic mass is 9.79. The first kappa shape index (κ1) is 24.3. The van der Waals surface area contributed by atoms with Gasteiger partial charge in [-0.05, 0) is 73.8 Å².